The molecule has 9 heteroatoms. The molecule has 0 aromatic heterocycles. The molecule has 0 saturated carbocycles. The van der Waals surface area contributed by atoms with Crippen LogP contribution in [0.2, 0.25) is 0 Å². The summed E-state index contributed by atoms with van der Waals surface area (Å²) in [5.41, 5.74) is 0. The van der Waals surface area contributed by atoms with E-state index in [4.69, 9.17) is 0 Å². The molecule has 9 nitrogen and oxygen atoms in total. The van der Waals surface area contributed by atoms with E-state index in [1.807, 2.05) is 13.8 Å². The van der Waals surface area contributed by atoms with Crippen molar-refractivity contribution in [3.63, 3.8) is 0 Å². The number of likely N-dealkylation sites (tertiary alicyclic amines) is 1. The van der Waals surface area contributed by atoms with E-state index in [1.165, 1.54) is 62.7 Å². The van der Waals surface area contributed by atoms with Crippen LogP contribution in [0.15, 0.2) is 0 Å². The number of hydrogen-bond donors (Lipinski definition) is 2. The van der Waals surface area contributed by atoms with Crippen LogP contribution in [-0.4, -0.2) is 57.9 Å². The Kier molecular flexibility index (Phi) is 22.1. The first-order chi connectivity index (χ1) is 21.5. The Morgan fingerprint density at radius 3 is 1.64 bits per heavy atom. The van der Waals surface area contributed by atoms with E-state index in [-0.39, 0.29) is 54.6 Å². The molecule has 0 bridgehead atoms. The van der Waals surface area contributed by atoms with Gasteiger partial charge in [-0.3, -0.25) is 24.1 Å². The van der Waals surface area contributed by atoms with Crippen LogP contribution in [-0.2, 0) is 28.8 Å². The second-order valence-electron chi connectivity index (χ2n) is 13.4. The summed E-state index contributed by atoms with van der Waals surface area (Å²) >= 11 is 0. The highest BCUT2D eigenvalue weighted by Crippen LogP contribution is 2.26. The highest BCUT2D eigenvalue weighted by molar-refractivity contribution is 6.03. The third-order valence-corrected chi connectivity index (χ3v) is 8.95. The van der Waals surface area contributed by atoms with Gasteiger partial charge in [-0.25, -0.2) is 4.79 Å². The summed E-state index contributed by atoms with van der Waals surface area (Å²) in [7, 11) is 0. The molecule has 2 unspecified atom stereocenters. The molecule has 1 fully saturated rings. The third-order valence-electron chi connectivity index (χ3n) is 8.95. The summed E-state index contributed by atoms with van der Waals surface area (Å²) in [5, 5.41) is 12.1. The number of carboxylic acid groups (broad SMARTS) is 1. The Bertz CT molecular complexity index is 917. The minimum atomic E-state index is -1.12. The van der Waals surface area contributed by atoms with Crippen LogP contribution in [0.5, 0.6) is 0 Å². The van der Waals surface area contributed by atoms with E-state index >= 15 is 0 Å². The average molecular weight is 635 g/mol. The maximum Gasteiger partial charge on any atom is 0.326 e. The lowest BCUT2D eigenvalue weighted by Crippen LogP contribution is -2.41. The SMILES string of the molecule is CC(=O)CCCCCCCCCCCCCCCCC(=O)NC(CCC(=O)CCCCCN1C(=O)CC(C(C)C)C1=O)C(=O)O. The average Bonchev–Trinajstić information content (AvgIpc) is 3.27. The van der Waals surface area contributed by atoms with E-state index in [0.29, 0.717) is 44.4 Å². The number of imide groups is 1. The molecule has 1 rings (SSSR count). The zero-order valence-electron chi connectivity index (χ0n) is 28.5. The minimum absolute atomic E-state index is 0.0406. The van der Waals surface area contributed by atoms with Crippen LogP contribution in [0.4, 0.5) is 0 Å². The van der Waals surface area contributed by atoms with Gasteiger partial charge < -0.3 is 15.2 Å². The molecular weight excluding hydrogens is 572 g/mol. The number of Topliss-reactive ketones (excluding diaryl/α,β-unsaturated/α-hetero) is 2. The first-order valence-corrected chi connectivity index (χ1v) is 17.9. The number of amides is 3. The largest absolute Gasteiger partial charge is 0.480 e. The molecule has 0 aromatic rings. The van der Waals surface area contributed by atoms with Crippen LogP contribution < -0.4 is 5.32 Å². The Labute approximate surface area is 272 Å². The molecule has 0 aliphatic carbocycles. The van der Waals surface area contributed by atoms with Gasteiger partial charge in [0.2, 0.25) is 17.7 Å². The predicted octanol–water partition coefficient (Wildman–Crippen LogP) is 7.33. The van der Waals surface area contributed by atoms with Crippen molar-refractivity contribution in [2.24, 2.45) is 11.8 Å². The molecular formula is C36H62N2O7. The van der Waals surface area contributed by atoms with Gasteiger partial charge in [0, 0.05) is 44.6 Å². The van der Waals surface area contributed by atoms with Gasteiger partial charge in [-0.05, 0) is 44.9 Å². The number of aliphatic carboxylic acids is 1. The summed E-state index contributed by atoms with van der Waals surface area (Å²) in [5.74, 6) is -1.44. The van der Waals surface area contributed by atoms with Gasteiger partial charge in [0.05, 0.1) is 0 Å². The van der Waals surface area contributed by atoms with Gasteiger partial charge in [0.25, 0.3) is 0 Å². The molecule has 1 aliphatic heterocycles. The van der Waals surface area contributed by atoms with Crippen LogP contribution in [0.25, 0.3) is 0 Å². The van der Waals surface area contributed by atoms with Crippen LogP contribution in [0, 0.1) is 11.8 Å². The molecule has 0 aromatic carbocycles. The van der Waals surface area contributed by atoms with Crippen molar-refractivity contribution >= 4 is 35.3 Å². The number of carboxylic acids is 1. The number of rotatable bonds is 29. The number of nitrogens with one attached hydrogen (secondary N) is 1. The van der Waals surface area contributed by atoms with Gasteiger partial charge in [-0.15, -0.1) is 0 Å². The zero-order valence-corrected chi connectivity index (χ0v) is 28.5. The molecule has 2 atom stereocenters. The fourth-order valence-corrected chi connectivity index (χ4v) is 5.97. The van der Waals surface area contributed by atoms with Crippen molar-refractivity contribution in [3.8, 4) is 0 Å². The van der Waals surface area contributed by atoms with Crippen molar-refractivity contribution in [3.05, 3.63) is 0 Å². The lowest BCUT2D eigenvalue weighted by molar-refractivity contribution is -0.142. The molecule has 1 saturated heterocycles. The zero-order chi connectivity index (χ0) is 33.5. The lowest BCUT2D eigenvalue weighted by atomic mass is 9.94. The second-order valence-corrected chi connectivity index (χ2v) is 13.4. The molecule has 1 aliphatic rings. The Morgan fingerprint density at radius 1 is 0.711 bits per heavy atom. The van der Waals surface area contributed by atoms with E-state index in [1.54, 1.807) is 6.92 Å². The monoisotopic (exact) mass is 634 g/mol. The predicted molar refractivity (Wildman–Crippen MR) is 176 cm³/mol. The Hall–Kier alpha value is -2.58. The van der Waals surface area contributed by atoms with Crippen molar-refractivity contribution in [1.29, 1.82) is 0 Å². The molecule has 3 amide bonds. The number of ketones is 2. The Balaban J connectivity index is 2.02. The maximum atomic E-state index is 12.4. The molecule has 0 radical (unpaired) electrons. The van der Waals surface area contributed by atoms with Gasteiger partial charge in [0.15, 0.2) is 0 Å². The van der Waals surface area contributed by atoms with E-state index < -0.39 is 12.0 Å². The summed E-state index contributed by atoms with van der Waals surface area (Å²) in [6, 6.07) is -1.06. The summed E-state index contributed by atoms with van der Waals surface area (Å²) in [4.78, 5) is 73.0. The topological polar surface area (TPSA) is 138 Å². The number of carbonyl (C=O) groups is 6. The van der Waals surface area contributed by atoms with E-state index in [9.17, 15) is 33.9 Å². The number of carbonyl (C=O) groups excluding carboxylic acids is 5. The third kappa shape index (κ3) is 19.5. The summed E-state index contributed by atoms with van der Waals surface area (Å²) in [6.07, 6.45) is 20.0. The first-order valence-electron chi connectivity index (χ1n) is 17.9. The van der Waals surface area contributed by atoms with Gasteiger partial charge in [-0.1, -0.05) is 97.3 Å². The van der Waals surface area contributed by atoms with Crippen LogP contribution >= 0.6 is 0 Å². The molecule has 0 spiro atoms. The quantitative estimate of drug-likeness (QED) is 0.0649. The number of unbranched alkanes of at least 4 members (excludes halogenated alkanes) is 15. The normalized spacial score (nSPS) is 15.6. The molecule has 258 valence electrons. The van der Waals surface area contributed by atoms with Crippen molar-refractivity contribution < 1.29 is 33.9 Å². The highest BCUT2D eigenvalue weighted by Gasteiger charge is 2.39. The highest BCUT2D eigenvalue weighted by atomic mass is 16.4. The maximum absolute atomic E-state index is 12.4. The standard InChI is InChI=1S/C36H62N2O7/c1-28(2)31-27-34(42)38(35(31)43)26-20-16-18-22-30(40)24-25-32(36(44)45)37-33(41)23-19-15-13-11-9-7-5-4-6-8-10-12-14-17-21-29(3)39/h28,31-32H,4-27H2,1-3H3,(H,37,41)(H,44,45). The van der Waals surface area contributed by atoms with E-state index in [0.717, 1.165) is 38.5 Å². The van der Waals surface area contributed by atoms with Gasteiger partial charge in [0.1, 0.15) is 17.6 Å². The minimum Gasteiger partial charge on any atom is -0.480 e. The lowest BCUT2D eigenvalue weighted by Gasteiger charge is -2.16. The summed E-state index contributed by atoms with van der Waals surface area (Å²) < 4.78 is 0. The Morgan fingerprint density at radius 2 is 1.18 bits per heavy atom. The van der Waals surface area contributed by atoms with E-state index in [2.05, 4.69) is 5.32 Å². The molecule has 1 heterocycles. The first kappa shape index (κ1) is 40.4. The van der Waals surface area contributed by atoms with Crippen molar-refractivity contribution in [2.45, 2.75) is 174 Å². The second kappa shape index (κ2) is 24.6. The van der Waals surface area contributed by atoms with Crippen molar-refractivity contribution in [2.75, 3.05) is 6.54 Å². The smallest absolute Gasteiger partial charge is 0.326 e. The van der Waals surface area contributed by atoms with Gasteiger partial charge >= 0.3 is 5.97 Å². The number of nitrogens with zero attached hydrogens (tertiary/aromatic N) is 1. The van der Waals surface area contributed by atoms with Gasteiger partial charge in [-0.2, -0.15) is 0 Å². The fourth-order valence-electron chi connectivity index (χ4n) is 5.97. The molecule has 45 heavy (non-hydrogen) atoms. The van der Waals surface area contributed by atoms with Crippen molar-refractivity contribution in [1.82, 2.24) is 10.2 Å². The molecule has 2 N–H and O–H groups in total. The van der Waals surface area contributed by atoms with Crippen LogP contribution in [0.3, 0.4) is 0 Å². The number of hydrogen-bond acceptors (Lipinski definition) is 6. The van der Waals surface area contributed by atoms with Crippen LogP contribution in [0.1, 0.15) is 168 Å². The fraction of sp³-hybridized carbons (Fsp3) is 0.833. The summed E-state index contributed by atoms with van der Waals surface area (Å²) in [6.45, 7) is 5.94.